The summed E-state index contributed by atoms with van der Waals surface area (Å²) in [6.07, 6.45) is 1.83. The van der Waals surface area contributed by atoms with Crippen molar-refractivity contribution in [2.45, 2.75) is 65.1 Å². The van der Waals surface area contributed by atoms with Gasteiger partial charge in [-0.3, -0.25) is 9.59 Å². The zero-order valence-electron chi connectivity index (χ0n) is 14.5. The van der Waals surface area contributed by atoms with Gasteiger partial charge < -0.3 is 9.47 Å². The predicted molar refractivity (Wildman–Crippen MR) is 83.8 cm³/mol. The lowest BCUT2D eigenvalue weighted by Gasteiger charge is -2.36. The molecule has 23 heavy (non-hydrogen) atoms. The van der Waals surface area contributed by atoms with Gasteiger partial charge in [0.25, 0.3) is 0 Å². The number of carbonyl (C=O) groups excluding carboxylic acids is 3. The van der Waals surface area contributed by atoms with E-state index < -0.39 is 29.6 Å². The van der Waals surface area contributed by atoms with Crippen molar-refractivity contribution >= 4 is 17.8 Å². The minimum absolute atomic E-state index is 0.0674. The number of carbonyl (C=O) groups is 3. The van der Waals surface area contributed by atoms with E-state index in [1.165, 1.54) is 0 Å². The third-order valence-electron chi connectivity index (χ3n) is 4.15. The molecule has 6 nitrogen and oxygen atoms in total. The Morgan fingerprint density at radius 2 is 1.96 bits per heavy atom. The smallest absolute Gasteiger partial charge is 0.417 e. The highest BCUT2D eigenvalue weighted by Gasteiger charge is 2.43. The molecule has 2 aliphatic heterocycles. The van der Waals surface area contributed by atoms with Gasteiger partial charge in [-0.05, 0) is 52.4 Å². The van der Waals surface area contributed by atoms with Gasteiger partial charge in [-0.2, -0.15) is 0 Å². The number of amides is 2. The third-order valence-corrected chi connectivity index (χ3v) is 4.15. The molecule has 2 fully saturated rings. The lowest BCUT2D eigenvalue weighted by atomic mass is 9.84. The van der Waals surface area contributed by atoms with Gasteiger partial charge in [-0.1, -0.05) is 6.92 Å². The van der Waals surface area contributed by atoms with Gasteiger partial charge in [0.05, 0.1) is 0 Å². The Labute approximate surface area is 137 Å². The Kier molecular flexibility index (Phi) is 5.45. The summed E-state index contributed by atoms with van der Waals surface area (Å²) in [4.78, 5) is 38.6. The molecule has 2 unspecified atom stereocenters. The van der Waals surface area contributed by atoms with Gasteiger partial charge in [0.15, 0.2) is 5.78 Å². The molecule has 130 valence electrons. The largest absolute Gasteiger partial charge is 0.443 e. The zero-order chi connectivity index (χ0) is 17.2. The summed E-state index contributed by atoms with van der Waals surface area (Å²) in [6, 6.07) is 0. The zero-order valence-corrected chi connectivity index (χ0v) is 14.5. The second kappa shape index (κ2) is 6.99. The number of rotatable bonds is 2. The molecule has 0 N–H and O–H groups in total. The molecule has 0 aromatic heterocycles. The first kappa shape index (κ1) is 17.9. The van der Waals surface area contributed by atoms with E-state index in [1.807, 2.05) is 6.92 Å². The first-order valence-electron chi connectivity index (χ1n) is 8.38. The molecule has 2 rings (SSSR count). The molecular formula is C17H27NO5. The van der Waals surface area contributed by atoms with E-state index in [1.54, 1.807) is 20.8 Å². The maximum Gasteiger partial charge on any atom is 0.417 e. The standard InChI is InChI=1S/C17H27NO5/c1-11-9-12(14(19)13-7-5-6-8-22-13)15(20)18(10-11)16(21)23-17(2,3)4/h11-13H,5-10H2,1-4H3/t11-,12?,13?/m0/s1. The van der Waals surface area contributed by atoms with Crippen molar-refractivity contribution in [2.24, 2.45) is 11.8 Å². The van der Waals surface area contributed by atoms with E-state index in [0.29, 0.717) is 26.0 Å². The minimum Gasteiger partial charge on any atom is -0.443 e. The lowest BCUT2D eigenvalue weighted by molar-refractivity contribution is -0.151. The van der Waals surface area contributed by atoms with E-state index in [4.69, 9.17) is 9.47 Å². The monoisotopic (exact) mass is 325 g/mol. The summed E-state index contributed by atoms with van der Waals surface area (Å²) >= 11 is 0. The average Bonchev–Trinajstić information content (AvgIpc) is 2.47. The van der Waals surface area contributed by atoms with Crippen LogP contribution in [0.25, 0.3) is 0 Å². The van der Waals surface area contributed by atoms with E-state index in [0.717, 1.165) is 17.7 Å². The number of imide groups is 1. The maximum atomic E-state index is 12.6. The molecular weight excluding hydrogens is 298 g/mol. The molecule has 0 aromatic carbocycles. The first-order valence-corrected chi connectivity index (χ1v) is 8.38. The van der Waals surface area contributed by atoms with E-state index in [2.05, 4.69) is 0 Å². The highest BCUT2D eigenvalue weighted by molar-refractivity contribution is 6.08. The summed E-state index contributed by atoms with van der Waals surface area (Å²) < 4.78 is 10.8. The van der Waals surface area contributed by atoms with Gasteiger partial charge in [-0.15, -0.1) is 0 Å². The van der Waals surface area contributed by atoms with Crippen LogP contribution in [0.15, 0.2) is 0 Å². The SMILES string of the molecule is C[C@H]1CC(C(=O)C2CCCCO2)C(=O)N(C(=O)OC(C)(C)C)C1. The van der Waals surface area contributed by atoms with Crippen molar-refractivity contribution in [2.75, 3.05) is 13.2 Å². The summed E-state index contributed by atoms with van der Waals surface area (Å²) in [5.41, 5.74) is -0.677. The van der Waals surface area contributed by atoms with Crippen LogP contribution in [-0.4, -0.2) is 47.5 Å². The fourth-order valence-corrected chi connectivity index (χ4v) is 3.08. The Morgan fingerprint density at radius 1 is 1.26 bits per heavy atom. The van der Waals surface area contributed by atoms with Crippen molar-refractivity contribution in [1.29, 1.82) is 0 Å². The van der Waals surface area contributed by atoms with Crippen molar-refractivity contribution < 1.29 is 23.9 Å². The van der Waals surface area contributed by atoms with E-state index >= 15 is 0 Å². The molecule has 0 aliphatic carbocycles. The van der Waals surface area contributed by atoms with Crippen LogP contribution in [0.3, 0.4) is 0 Å². The van der Waals surface area contributed by atoms with E-state index in [-0.39, 0.29) is 11.7 Å². The van der Waals surface area contributed by atoms with Crippen molar-refractivity contribution in [1.82, 2.24) is 4.90 Å². The van der Waals surface area contributed by atoms with Crippen LogP contribution in [0.4, 0.5) is 4.79 Å². The van der Waals surface area contributed by atoms with Crippen LogP contribution in [0.5, 0.6) is 0 Å². The molecule has 2 saturated heterocycles. The van der Waals surface area contributed by atoms with Gasteiger partial charge in [0.2, 0.25) is 5.91 Å². The second-order valence-electron chi connectivity index (χ2n) is 7.58. The van der Waals surface area contributed by atoms with Gasteiger partial charge in [0, 0.05) is 13.2 Å². The Bertz CT molecular complexity index is 476. The number of hydrogen-bond donors (Lipinski definition) is 0. The van der Waals surface area contributed by atoms with Crippen molar-refractivity contribution in [3.05, 3.63) is 0 Å². The van der Waals surface area contributed by atoms with Crippen LogP contribution in [0.1, 0.15) is 53.4 Å². The van der Waals surface area contributed by atoms with Crippen molar-refractivity contribution in [3.63, 3.8) is 0 Å². The van der Waals surface area contributed by atoms with E-state index in [9.17, 15) is 14.4 Å². The summed E-state index contributed by atoms with van der Waals surface area (Å²) in [5.74, 6) is -1.36. The minimum atomic E-state index is -0.797. The average molecular weight is 325 g/mol. The number of hydrogen-bond acceptors (Lipinski definition) is 5. The van der Waals surface area contributed by atoms with Crippen LogP contribution >= 0.6 is 0 Å². The van der Waals surface area contributed by atoms with Gasteiger partial charge in [0.1, 0.15) is 17.6 Å². The number of ketones is 1. The molecule has 0 saturated carbocycles. The Hall–Kier alpha value is -1.43. The van der Waals surface area contributed by atoms with Crippen molar-refractivity contribution in [3.8, 4) is 0 Å². The summed E-state index contributed by atoms with van der Waals surface area (Å²) in [7, 11) is 0. The molecule has 2 amide bonds. The number of likely N-dealkylation sites (tertiary alicyclic amines) is 1. The summed E-state index contributed by atoms with van der Waals surface area (Å²) in [5, 5.41) is 0. The van der Waals surface area contributed by atoms with Gasteiger partial charge in [-0.25, -0.2) is 9.69 Å². The lowest BCUT2D eigenvalue weighted by Crippen LogP contribution is -2.53. The number of ether oxygens (including phenoxy) is 2. The Balaban J connectivity index is 2.10. The number of piperidine rings is 1. The fraction of sp³-hybridized carbons (Fsp3) is 0.824. The number of nitrogens with zero attached hydrogens (tertiary/aromatic N) is 1. The molecule has 0 spiro atoms. The van der Waals surface area contributed by atoms with Crippen LogP contribution < -0.4 is 0 Å². The normalized spacial score (nSPS) is 29.3. The van der Waals surface area contributed by atoms with Crippen LogP contribution in [-0.2, 0) is 19.1 Å². The highest BCUT2D eigenvalue weighted by atomic mass is 16.6. The molecule has 0 bridgehead atoms. The number of Topliss-reactive ketones (excluding diaryl/α,β-unsaturated/α-hetero) is 1. The van der Waals surface area contributed by atoms with Crippen LogP contribution in [0, 0.1) is 11.8 Å². The molecule has 0 aromatic rings. The molecule has 2 heterocycles. The topological polar surface area (TPSA) is 72.9 Å². The summed E-state index contributed by atoms with van der Waals surface area (Å²) in [6.45, 7) is 8.04. The fourth-order valence-electron chi connectivity index (χ4n) is 3.08. The quantitative estimate of drug-likeness (QED) is 0.730. The van der Waals surface area contributed by atoms with Gasteiger partial charge >= 0.3 is 6.09 Å². The predicted octanol–water partition coefficient (Wildman–Crippen LogP) is 2.54. The molecule has 6 heteroatoms. The molecule has 0 radical (unpaired) electrons. The third kappa shape index (κ3) is 4.53. The highest BCUT2D eigenvalue weighted by Crippen LogP contribution is 2.28. The second-order valence-corrected chi connectivity index (χ2v) is 7.58. The first-order chi connectivity index (χ1) is 10.7. The van der Waals surface area contributed by atoms with Crippen LogP contribution in [0.2, 0.25) is 0 Å². The molecule has 2 aliphatic rings. The molecule has 3 atom stereocenters. The Morgan fingerprint density at radius 3 is 2.52 bits per heavy atom. The maximum absolute atomic E-state index is 12.6.